The van der Waals surface area contributed by atoms with E-state index in [0.29, 0.717) is 55.5 Å². The zero-order valence-corrected chi connectivity index (χ0v) is 24.2. The van der Waals surface area contributed by atoms with E-state index in [1.54, 1.807) is 9.80 Å². The summed E-state index contributed by atoms with van der Waals surface area (Å²) in [6.45, 7) is 2.81. The van der Waals surface area contributed by atoms with Crippen molar-refractivity contribution in [2.75, 3.05) is 38.0 Å². The van der Waals surface area contributed by atoms with E-state index in [-0.39, 0.29) is 11.8 Å². The van der Waals surface area contributed by atoms with Crippen LogP contribution in [0.5, 0.6) is 0 Å². The van der Waals surface area contributed by atoms with E-state index in [9.17, 15) is 14.7 Å². The van der Waals surface area contributed by atoms with Crippen molar-refractivity contribution in [1.29, 1.82) is 0 Å². The molecule has 214 valence electrons. The van der Waals surface area contributed by atoms with Crippen LogP contribution >= 0.6 is 11.6 Å². The molecule has 0 aromatic heterocycles. The molecule has 2 aromatic carbocycles. The highest BCUT2D eigenvalue weighted by Crippen LogP contribution is 2.43. The normalized spacial score (nSPS) is 23.3. The minimum Gasteiger partial charge on any atom is -0.385 e. The van der Waals surface area contributed by atoms with Crippen molar-refractivity contribution >= 4 is 29.1 Å². The van der Waals surface area contributed by atoms with Gasteiger partial charge in [0, 0.05) is 38.4 Å². The molecule has 1 unspecified atom stereocenters. The topological polar surface area (TPSA) is 72.9 Å². The number of hydrogen-bond acceptors (Lipinski definition) is 4. The van der Waals surface area contributed by atoms with Crippen molar-refractivity contribution in [2.45, 2.75) is 82.1 Å². The van der Waals surface area contributed by atoms with Gasteiger partial charge in [0.1, 0.15) is 5.60 Å². The third-order valence-corrected chi connectivity index (χ3v) is 10.0. The molecule has 0 radical (unpaired) electrons. The quantitative estimate of drug-likeness (QED) is 0.447. The van der Waals surface area contributed by atoms with Crippen LogP contribution in [0.15, 0.2) is 36.4 Å². The van der Waals surface area contributed by atoms with Gasteiger partial charge in [-0.15, -0.1) is 0 Å². The van der Waals surface area contributed by atoms with Gasteiger partial charge in [0.2, 0.25) is 0 Å². The molecule has 3 fully saturated rings. The number of amides is 2. The number of halogens is 1. The van der Waals surface area contributed by atoms with E-state index >= 15 is 0 Å². The maximum absolute atomic E-state index is 13.3. The van der Waals surface area contributed by atoms with Gasteiger partial charge in [0.05, 0.1) is 10.6 Å². The molecule has 2 aromatic rings. The van der Waals surface area contributed by atoms with Gasteiger partial charge in [-0.05, 0) is 84.9 Å². The van der Waals surface area contributed by atoms with E-state index in [1.807, 2.05) is 18.2 Å². The second kappa shape index (κ2) is 11.7. The fourth-order valence-corrected chi connectivity index (χ4v) is 7.32. The fraction of sp³-hybridized carbons (Fsp3) is 0.576. The summed E-state index contributed by atoms with van der Waals surface area (Å²) in [4.78, 5) is 29.2. The summed E-state index contributed by atoms with van der Waals surface area (Å²) in [6, 6.07) is 12.5. The number of anilines is 1. The first kappa shape index (κ1) is 27.6. The first-order valence-electron chi connectivity index (χ1n) is 15.4. The number of piperazine rings is 1. The van der Waals surface area contributed by atoms with Crippen molar-refractivity contribution in [1.82, 2.24) is 9.80 Å². The summed E-state index contributed by atoms with van der Waals surface area (Å²) in [5.74, 6) is 1.04. The SMILES string of the molecule is O=C(c1ccc(-c2ccc3c(c2)C(C2CCCCCCCC2)CCN3)cc1Cl)N1CCN(C(=O)C2(O)CC2)CC1. The van der Waals surface area contributed by atoms with Gasteiger partial charge in [0.15, 0.2) is 0 Å². The van der Waals surface area contributed by atoms with Crippen molar-refractivity contribution in [2.24, 2.45) is 5.92 Å². The van der Waals surface area contributed by atoms with E-state index in [0.717, 1.165) is 23.6 Å². The molecule has 0 spiro atoms. The molecule has 2 aliphatic carbocycles. The van der Waals surface area contributed by atoms with Crippen molar-refractivity contribution in [3.63, 3.8) is 0 Å². The third-order valence-electron chi connectivity index (χ3n) is 9.70. The highest BCUT2D eigenvalue weighted by Gasteiger charge is 2.50. The molecule has 7 heteroatoms. The second-order valence-corrected chi connectivity index (χ2v) is 12.8. The lowest BCUT2D eigenvalue weighted by atomic mass is 9.76. The smallest absolute Gasteiger partial charge is 0.255 e. The summed E-state index contributed by atoms with van der Waals surface area (Å²) >= 11 is 6.73. The molecular formula is C33H42ClN3O3. The lowest BCUT2D eigenvalue weighted by Crippen LogP contribution is -2.53. The zero-order valence-electron chi connectivity index (χ0n) is 23.5. The maximum atomic E-state index is 13.3. The first-order chi connectivity index (χ1) is 19.4. The molecular weight excluding hydrogens is 522 g/mol. The highest BCUT2D eigenvalue weighted by molar-refractivity contribution is 6.34. The van der Waals surface area contributed by atoms with Crippen LogP contribution in [-0.2, 0) is 4.79 Å². The number of rotatable bonds is 4. The molecule has 2 aliphatic heterocycles. The van der Waals surface area contributed by atoms with E-state index in [4.69, 9.17) is 11.6 Å². The summed E-state index contributed by atoms with van der Waals surface area (Å²) in [6.07, 6.45) is 13.1. The van der Waals surface area contributed by atoms with Crippen LogP contribution < -0.4 is 5.32 Å². The van der Waals surface area contributed by atoms with Gasteiger partial charge in [-0.25, -0.2) is 0 Å². The Morgan fingerprint density at radius 1 is 0.825 bits per heavy atom. The lowest BCUT2D eigenvalue weighted by molar-refractivity contribution is -0.143. The molecule has 6 nitrogen and oxygen atoms in total. The lowest BCUT2D eigenvalue weighted by Gasteiger charge is -2.36. The number of benzene rings is 2. The van der Waals surface area contributed by atoms with Crippen LogP contribution in [-0.4, -0.2) is 65.0 Å². The van der Waals surface area contributed by atoms with Crippen LogP contribution in [0.25, 0.3) is 11.1 Å². The molecule has 2 saturated carbocycles. The summed E-state index contributed by atoms with van der Waals surface area (Å²) in [5, 5.41) is 14.2. The first-order valence-corrected chi connectivity index (χ1v) is 15.8. The highest BCUT2D eigenvalue weighted by atomic mass is 35.5. The fourth-order valence-electron chi connectivity index (χ4n) is 7.06. The Bertz CT molecular complexity index is 1240. The standard InChI is InChI=1S/C33H42ClN3O3/c34-29-22-25(9-11-27(29)31(38)36-17-19-37(20-18-36)32(39)33(40)14-15-33)24-10-12-30-28(21-24)26(13-16-35-30)23-7-5-3-1-2-4-6-8-23/h9-12,21-23,26,35,40H,1-8,13-20H2. The molecule has 1 atom stereocenters. The Hall–Kier alpha value is -2.57. The average Bonchev–Trinajstić information content (AvgIpc) is 3.71. The third kappa shape index (κ3) is 5.75. The van der Waals surface area contributed by atoms with E-state index < -0.39 is 5.60 Å². The Labute approximate surface area is 243 Å². The molecule has 0 bridgehead atoms. The second-order valence-electron chi connectivity index (χ2n) is 12.4. The Kier molecular flexibility index (Phi) is 8.09. The molecule has 6 rings (SSSR count). The van der Waals surface area contributed by atoms with Gasteiger partial charge in [-0.1, -0.05) is 62.3 Å². The number of carbonyl (C=O) groups is 2. The van der Waals surface area contributed by atoms with Gasteiger partial charge in [0.25, 0.3) is 11.8 Å². The number of nitrogens with zero attached hydrogens (tertiary/aromatic N) is 2. The summed E-state index contributed by atoms with van der Waals surface area (Å²) < 4.78 is 0. The van der Waals surface area contributed by atoms with Crippen LogP contribution in [0.1, 0.15) is 92.5 Å². The molecule has 2 amide bonds. The van der Waals surface area contributed by atoms with Crippen molar-refractivity contribution in [3.8, 4) is 11.1 Å². The Morgan fingerprint density at radius 3 is 2.12 bits per heavy atom. The van der Waals surface area contributed by atoms with Crippen LogP contribution in [0, 0.1) is 5.92 Å². The monoisotopic (exact) mass is 563 g/mol. The predicted octanol–water partition coefficient (Wildman–Crippen LogP) is 6.47. The van der Waals surface area contributed by atoms with Gasteiger partial charge in [-0.2, -0.15) is 0 Å². The number of fused-ring (bicyclic) bond motifs is 1. The Balaban J connectivity index is 1.16. The van der Waals surface area contributed by atoms with E-state index in [1.165, 1.54) is 69.0 Å². The number of carbonyl (C=O) groups excluding carboxylic acids is 2. The average molecular weight is 564 g/mol. The van der Waals surface area contributed by atoms with Crippen molar-refractivity contribution < 1.29 is 14.7 Å². The number of aliphatic hydroxyl groups is 1. The van der Waals surface area contributed by atoms with Crippen LogP contribution in [0.2, 0.25) is 5.02 Å². The zero-order chi connectivity index (χ0) is 27.7. The molecule has 1 saturated heterocycles. The summed E-state index contributed by atoms with van der Waals surface area (Å²) in [5.41, 5.74) is 4.20. The largest absolute Gasteiger partial charge is 0.385 e. The molecule has 2 N–H and O–H groups in total. The summed E-state index contributed by atoms with van der Waals surface area (Å²) in [7, 11) is 0. The van der Waals surface area contributed by atoms with Crippen LogP contribution in [0.4, 0.5) is 5.69 Å². The number of hydrogen-bond donors (Lipinski definition) is 2. The number of nitrogens with one attached hydrogen (secondary N) is 1. The molecule has 40 heavy (non-hydrogen) atoms. The van der Waals surface area contributed by atoms with Crippen molar-refractivity contribution in [3.05, 3.63) is 52.5 Å². The van der Waals surface area contributed by atoms with Gasteiger partial charge >= 0.3 is 0 Å². The minimum atomic E-state index is -1.16. The Morgan fingerprint density at radius 2 is 1.45 bits per heavy atom. The van der Waals surface area contributed by atoms with E-state index in [2.05, 4.69) is 23.5 Å². The van der Waals surface area contributed by atoms with Gasteiger partial charge < -0.3 is 20.2 Å². The maximum Gasteiger partial charge on any atom is 0.255 e. The van der Waals surface area contributed by atoms with Crippen LogP contribution in [0.3, 0.4) is 0 Å². The minimum absolute atomic E-state index is 0.108. The predicted molar refractivity (Wildman–Crippen MR) is 160 cm³/mol. The van der Waals surface area contributed by atoms with Gasteiger partial charge in [-0.3, -0.25) is 9.59 Å². The molecule has 4 aliphatic rings. The molecule has 2 heterocycles.